The van der Waals surface area contributed by atoms with Gasteiger partial charge >= 0.3 is 5.97 Å². The Labute approximate surface area is 65.1 Å². The first kappa shape index (κ1) is 11.8. The standard InChI is InChI=1S/C5H9NO3.ClH/c1-2-9-4(6)3-5(7)8;/h3H,2,6H2,1H3,(H,7,8);1H/b4-3-;. The second-order valence-electron chi connectivity index (χ2n) is 1.32. The summed E-state index contributed by atoms with van der Waals surface area (Å²) in [6.45, 7) is 2.11. The molecule has 0 heterocycles. The molecule has 0 bridgehead atoms. The minimum absolute atomic E-state index is 0. The summed E-state index contributed by atoms with van der Waals surface area (Å²) < 4.78 is 4.61. The van der Waals surface area contributed by atoms with Crippen LogP contribution in [0.15, 0.2) is 12.0 Å². The summed E-state index contributed by atoms with van der Waals surface area (Å²) in [4.78, 5) is 9.85. The number of nitrogens with two attached hydrogens (primary N) is 1. The molecule has 0 aromatic rings. The summed E-state index contributed by atoms with van der Waals surface area (Å²) in [6, 6.07) is 0. The van der Waals surface area contributed by atoms with Crippen molar-refractivity contribution in [3.05, 3.63) is 12.0 Å². The Hall–Kier alpha value is -0.900. The Kier molecular flexibility index (Phi) is 7.37. The van der Waals surface area contributed by atoms with Gasteiger partial charge in [-0.25, -0.2) is 4.79 Å². The van der Waals surface area contributed by atoms with E-state index in [1.54, 1.807) is 6.92 Å². The third-order valence-corrected chi connectivity index (χ3v) is 0.577. The van der Waals surface area contributed by atoms with Crippen molar-refractivity contribution in [2.45, 2.75) is 6.92 Å². The number of carboxylic acid groups (broad SMARTS) is 1. The van der Waals surface area contributed by atoms with E-state index in [0.29, 0.717) is 6.61 Å². The Morgan fingerprint density at radius 3 is 2.60 bits per heavy atom. The van der Waals surface area contributed by atoms with Gasteiger partial charge in [-0.05, 0) is 6.92 Å². The summed E-state index contributed by atoms with van der Waals surface area (Å²) in [7, 11) is 0. The number of carbonyl (C=O) groups is 1. The lowest BCUT2D eigenvalue weighted by atomic mass is 10.6. The molecule has 0 saturated carbocycles. The third-order valence-electron chi connectivity index (χ3n) is 0.577. The molecule has 0 atom stereocenters. The summed E-state index contributed by atoms with van der Waals surface area (Å²) in [6.07, 6.45) is 0.809. The van der Waals surface area contributed by atoms with Crippen LogP contribution < -0.4 is 5.73 Å². The first-order chi connectivity index (χ1) is 4.16. The van der Waals surface area contributed by atoms with E-state index < -0.39 is 5.97 Å². The molecule has 60 valence electrons. The monoisotopic (exact) mass is 167 g/mol. The second kappa shape index (κ2) is 6.22. The van der Waals surface area contributed by atoms with Gasteiger partial charge in [0.25, 0.3) is 0 Å². The van der Waals surface area contributed by atoms with E-state index in [0.717, 1.165) is 6.08 Å². The maximum Gasteiger partial charge on any atom is 0.333 e. The fourth-order valence-electron chi connectivity index (χ4n) is 0.330. The predicted molar refractivity (Wildman–Crippen MR) is 38.8 cm³/mol. The van der Waals surface area contributed by atoms with Gasteiger partial charge in [0.05, 0.1) is 12.7 Å². The zero-order valence-electron chi connectivity index (χ0n) is 5.53. The third kappa shape index (κ3) is 7.10. The van der Waals surface area contributed by atoms with Crippen molar-refractivity contribution < 1.29 is 14.6 Å². The molecule has 4 nitrogen and oxygen atoms in total. The molecule has 3 N–H and O–H groups in total. The molecule has 10 heavy (non-hydrogen) atoms. The molecule has 0 aromatic carbocycles. The summed E-state index contributed by atoms with van der Waals surface area (Å²) in [5, 5.41) is 8.07. The fourth-order valence-corrected chi connectivity index (χ4v) is 0.330. The van der Waals surface area contributed by atoms with Crippen LogP contribution in [0, 0.1) is 0 Å². The highest BCUT2D eigenvalue weighted by atomic mass is 35.5. The van der Waals surface area contributed by atoms with Crippen molar-refractivity contribution in [3.8, 4) is 0 Å². The van der Waals surface area contributed by atoms with Crippen LogP contribution in [0.4, 0.5) is 0 Å². The van der Waals surface area contributed by atoms with Crippen molar-refractivity contribution in [1.82, 2.24) is 0 Å². The molecule has 0 aliphatic rings. The van der Waals surface area contributed by atoms with Gasteiger partial charge in [-0.2, -0.15) is 0 Å². The first-order valence-corrected chi connectivity index (χ1v) is 2.49. The van der Waals surface area contributed by atoms with E-state index in [1.165, 1.54) is 0 Å². The largest absolute Gasteiger partial charge is 0.479 e. The Morgan fingerprint density at radius 2 is 2.30 bits per heavy atom. The van der Waals surface area contributed by atoms with Crippen LogP contribution in [0.25, 0.3) is 0 Å². The lowest BCUT2D eigenvalue weighted by molar-refractivity contribution is -0.131. The number of aliphatic carboxylic acids is 1. The average molecular weight is 168 g/mol. The van der Waals surface area contributed by atoms with E-state index >= 15 is 0 Å². The Balaban J connectivity index is 0. The minimum atomic E-state index is -1.10. The smallest absolute Gasteiger partial charge is 0.333 e. The van der Waals surface area contributed by atoms with Gasteiger partial charge in [-0.3, -0.25) is 0 Å². The number of rotatable bonds is 3. The van der Waals surface area contributed by atoms with E-state index in [2.05, 4.69) is 4.74 Å². The number of hydrogen-bond acceptors (Lipinski definition) is 3. The second-order valence-corrected chi connectivity index (χ2v) is 1.32. The van der Waals surface area contributed by atoms with Crippen LogP contribution in [0.2, 0.25) is 0 Å². The number of ether oxygens (including phenoxy) is 1. The molecular weight excluding hydrogens is 158 g/mol. The van der Waals surface area contributed by atoms with Crippen LogP contribution >= 0.6 is 12.4 Å². The summed E-state index contributed by atoms with van der Waals surface area (Å²) in [5.41, 5.74) is 5.04. The highest BCUT2D eigenvalue weighted by Gasteiger charge is 1.92. The number of hydrogen-bond donors (Lipinski definition) is 2. The molecule has 0 rings (SSSR count). The molecule has 0 fully saturated rings. The van der Waals surface area contributed by atoms with Crippen molar-refractivity contribution in [2.75, 3.05) is 6.61 Å². The maximum absolute atomic E-state index is 9.85. The van der Waals surface area contributed by atoms with Crippen LogP contribution in [0.1, 0.15) is 6.92 Å². The predicted octanol–water partition coefficient (Wildman–Crippen LogP) is 0.329. The van der Waals surface area contributed by atoms with Gasteiger partial charge in [0.1, 0.15) is 0 Å². The van der Waals surface area contributed by atoms with Crippen molar-refractivity contribution >= 4 is 18.4 Å². The molecule has 0 aliphatic carbocycles. The number of halogens is 1. The molecular formula is C5H10ClNO3. The van der Waals surface area contributed by atoms with E-state index in [-0.39, 0.29) is 18.3 Å². The molecule has 0 saturated heterocycles. The molecule has 0 amide bonds. The Morgan fingerprint density at radius 1 is 1.80 bits per heavy atom. The van der Waals surface area contributed by atoms with Gasteiger partial charge in [-0.1, -0.05) is 0 Å². The molecule has 0 spiro atoms. The fraction of sp³-hybridized carbons (Fsp3) is 0.400. The summed E-state index contributed by atoms with van der Waals surface area (Å²) >= 11 is 0. The topological polar surface area (TPSA) is 72.5 Å². The van der Waals surface area contributed by atoms with E-state index in [1.807, 2.05) is 0 Å². The zero-order valence-corrected chi connectivity index (χ0v) is 6.35. The lowest BCUT2D eigenvalue weighted by Crippen LogP contribution is -2.05. The SMILES string of the molecule is CCO/C(N)=C\C(=O)O.Cl. The van der Waals surface area contributed by atoms with Crippen molar-refractivity contribution in [3.63, 3.8) is 0 Å². The normalized spacial score (nSPS) is 9.90. The number of carboxylic acids is 1. The maximum atomic E-state index is 9.85. The molecule has 0 aromatic heterocycles. The first-order valence-electron chi connectivity index (χ1n) is 2.49. The van der Waals surface area contributed by atoms with Crippen LogP contribution in [0.3, 0.4) is 0 Å². The van der Waals surface area contributed by atoms with Gasteiger partial charge in [0, 0.05) is 0 Å². The Bertz CT molecular complexity index is 135. The van der Waals surface area contributed by atoms with Crippen LogP contribution in [-0.4, -0.2) is 17.7 Å². The van der Waals surface area contributed by atoms with Gasteiger partial charge < -0.3 is 15.6 Å². The lowest BCUT2D eigenvalue weighted by Gasteiger charge is -1.98. The summed E-state index contributed by atoms with van der Waals surface area (Å²) in [5.74, 6) is -1.16. The van der Waals surface area contributed by atoms with E-state index in [4.69, 9.17) is 10.8 Å². The molecule has 0 radical (unpaired) electrons. The van der Waals surface area contributed by atoms with Gasteiger partial charge in [0.15, 0.2) is 5.88 Å². The van der Waals surface area contributed by atoms with Gasteiger partial charge in [0.2, 0.25) is 0 Å². The van der Waals surface area contributed by atoms with Crippen LogP contribution in [0.5, 0.6) is 0 Å². The van der Waals surface area contributed by atoms with Gasteiger partial charge in [-0.15, -0.1) is 12.4 Å². The van der Waals surface area contributed by atoms with Crippen molar-refractivity contribution in [1.29, 1.82) is 0 Å². The highest BCUT2D eigenvalue weighted by molar-refractivity contribution is 5.85. The molecule has 5 heteroatoms. The quantitative estimate of drug-likeness (QED) is 0.469. The van der Waals surface area contributed by atoms with Crippen LogP contribution in [-0.2, 0) is 9.53 Å². The zero-order chi connectivity index (χ0) is 7.28. The van der Waals surface area contributed by atoms with Crippen molar-refractivity contribution in [2.24, 2.45) is 5.73 Å². The minimum Gasteiger partial charge on any atom is -0.479 e. The molecule has 0 aliphatic heterocycles. The van der Waals surface area contributed by atoms with E-state index in [9.17, 15) is 4.79 Å². The average Bonchev–Trinajstić information content (AvgIpc) is 1.63. The molecule has 0 unspecified atom stereocenters. The highest BCUT2D eigenvalue weighted by Crippen LogP contribution is 1.84.